The van der Waals surface area contributed by atoms with Crippen LogP contribution in [0.3, 0.4) is 0 Å². The lowest BCUT2D eigenvalue weighted by Crippen LogP contribution is -2.56. The number of hydrogen-bond acceptors (Lipinski definition) is 4. The molecule has 0 aromatic rings. The number of nitrogens with zero attached hydrogens (tertiary/aromatic N) is 2. The van der Waals surface area contributed by atoms with Crippen LogP contribution < -0.4 is 0 Å². The Balaban J connectivity index is 2.01. The standard InChI is InChI=1S/C14H24N2O4S/c1-10-3-4-15(8-12(10)20-2)14(19)16-5-6-21-9-11(16)7-13(17)18/h10-12H,3-9H2,1-2H3,(H,17,18). The molecule has 0 radical (unpaired) electrons. The summed E-state index contributed by atoms with van der Waals surface area (Å²) in [6, 6.07) is -0.232. The first-order chi connectivity index (χ1) is 10.0. The molecule has 2 aliphatic heterocycles. The molecule has 3 atom stereocenters. The summed E-state index contributed by atoms with van der Waals surface area (Å²) >= 11 is 1.72. The molecule has 3 unspecified atom stereocenters. The number of thioether (sulfide) groups is 1. The molecule has 2 fully saturated rings. The van der Waals surface area contributed by atoms with Gasteiger partial charge in [0.05, 0.1) is 18.6 Å². The molecule has 2 saturated heterocycles. The summed E-state index contributed by atoms with van der Waals surface area (Å²) in [5.74, 6) is 1.18. The minimum atomic E-state index is -0.845. The molecular weight excluding hydrogens is 292 g/mol. The molecule has 0 bridgehead atoms. The first-order valence-electron chi connectivity index (χ1n) is 7.40. The Morgan fingerprint density at radius 1 is 1.38 bits per heavy atom. The lowest BCUT2D eigenvalue weighted by molar-refractivity contribution is -0.138. The van der Waals surface area contributed by atoms with Gasteiger partial charge in [-0.25, -0.2) is 4.79 Å². The van der Waals surface area contributed by atoms with Crippen LogP contribution in [0.1, 0.15) is 19.8 Å². The van der Waals surface area contributed by atoms with E-state index in [0.29, 0.717) is 24.8 Å². The van der Waals surface area contributed by atoms with E-state index in [2.05, 4.69) is 6.92 Å². The summed E-state index contributed by atoms with van der Waals surface area (Å²) in [7, 11) is 1.68. The van der Waals surface area contributed by atoms with Crippen LogP contribution >= 0.6 is 11.8 Å². The van der Waals surface area contributed by atoms with Crippen LogP contribution in [0.5, 0.6) is 0 Å². The highest BCUT2D eigenvalue weighted by Crippen LogP contribution is 2.24. The van der Waals surface area contributed by atoms with E-state index < -0.39 is 5.97 Å². The number of carboxylic acid groups (broad SMARTS) is 1. The van der Waals surface area contributed by atoms with Gasteiger partial charge < -0.3 is 19.6 Å². The summed E-state index contributed by atoms with van der Waals surface area (Å²) in [4.78, 5) is 27.2. The van der Waals surface area contributed by atoms with Gasteiger partial charge in [0.15, 0.2) is 0 Å². The summed E-state index contributed by atoms with van der Waals surface area (Å²) in [5, 5.41) is 9.01. The molecule has 0 spiro atoms. The zero-order valence-corrected chi connectivity index (χ0v) is 13.5. The maximum absolute atomic E-state index is 12.7. The normalized spacial score (nSPS) is 30.3. The molecule has 2 heterocycles. The summed E-state index contributed by atoms with van der Waals surface area (Å²) in [5.41, 5.74) is 0. The third kappa shape index (κ3) is 4.03. The van der Waals surface area contributed by atoms with E-state index in [-0.39, 0.29) is 24.6 Å². The molecule has 1 N–H and O–H groups in total. The fraction of sp³-hybridized carbons (Fsp3) is 0.857. The first-order valence-corrected chi connectivity index (χ1v) is 8.56. The van der Waals surface area contributed by atoms with Gasteiger partial charge in [0.1, 0.15) is 0 Å². The fourth-order valence-corrected chi connectivity index (χ4v) is 4.04. The van der Waals surface area contributed by atoms with Crippen molar-refractivity contribution in [3.63, 3.8) is 0 Å². The zero-order chi connectivity index (χ0) is 15.4. The number of aliphatic carboxylic acids is 1. The number of carboxylic acids is 1. The van der Waals surface area contributed by atoms with Crippen LogP contribution in [-0.2, 0) is 9.53 Å². The number of likely N-dealkylation sites (tertiary alicyclic amines) is 1. The number of hydrogen-bond donors (Lipinski definition) is 1. The predicted molar refractivity (Wildman–Crippen MR) is 81.6 cm³/mol. The quantitative estimate of drug-likeness (QED) is 0.851. The molecule has 120 valence electrons. The van der Waals surface area contributed by atoms with Crippen molar-refractivity contribution in [3.05, 3.63) is 0 Å². The fourth-order valence-electron chi connectivity index (χ4n) is 2.97. The molecule has 21 heavy (non-hydrogen) atoms. The van der Waals surface area contributed by atoms with Gasteiger partial charge in [0, 0.05) is 38.2 Å². The zero-order valence-electron chi connectivity index (χ0n) is 12.7. The van der Waals surface area contributed by atoms with Gasteiger partial charge in [-0.2, -0.15) is 11.8 Å². The minimum Gasteiger partial charge on any atom is -0.481 e. The lowest BCUT2D eigenvalue weighted by atomic mass is 9.96. The van der Waals surface area contributed by atoms with Crippen LogP contribution in [0, 0.1) is 5.92 Å². The molecule has 0 saturated carbocycles. The Bertz CT molecular complexity index is 393. The number of carbonyl (C=O) groups is 2. The number of urea groups is 1. The Morgan fingerprint density at radius 2 is 2.14 bits per heavy atom. The largest absolute Gasteiger partial charge is 0.481 e. The van der Waals surface area contributed by atoms with Crippen LogP contribution in [0.2, 0.25) is 0 Å². The SMILES string of the molecule is COC1CN(C(=O)N2CCSCC2CC(=O)O)CCC1C. The third-order valence-electron chi connectivity index (χ3n) is 4.35. The summed E-state index contributed by atoms with van der Waals surface area (Å²) < 4.78 is 5.45. The van der Waals surface area contributed by atoms with Gasteiger partial charge in [-0.1, -0.05) is 6.92 Å². The first kappa shape index (κ1) is 16.4. The van der Waals surface area contributed by atoms with Crippen molar-refractivity contribution in [2.75, 3.05) is 38.2 Å². The molecular formula is C14H24N2O4S. The van der Waals surface area contributed by atoms with E-state index in [0.717, 1.165) is 18.7 Å². The van der Waals surface area contributed by atoms with Crippen molar-refractivity contribution in [3.8, 4) is 0 Å². The second kappa shape index (κ2) is 7.35. The lowest BCUT2D eigenvalue weighted by Gasteiger charge is -2.42. The smallest absolute Gasteiger partial charge is 0.320 e. The van der Waals surface area contributed by atoms with Crippen molar-refractivity contribution >= 4 is 23.8 Å². The van der Waals surface area contributed by atoms with Gasteiger partial charge in [0.2, 0.25) is 0 Å². The van der Waals surface area contributed by atoms with Gasteiger partial charge in [0.25, 0.3) is 0 Å². The number of rotatable bonds is 3. The van der Waals surface area contributed by atoms with E-state index in [1.807, 2.05) is 4.90 Å². The number of amides is 2. The Labute approximate surface area is 129 Å². The number of ether oxygens (including phenoxy) is 1. The predicted octanol–water partition coefficient (Wildman–Crippen LogP) is 1.36. The Hall–Kier alpha value is -0.950. The van der Waals surface area contributed by atoms with E-state index in [4.69, 9.17) is 9.84 Å². The molecule has 0 aliphatic carbocycles. The molecule has 0 aromatic carbocycles. The second-order valence-corrected chi connectivity index (χ2v) is 6.94. The van der Waals surface area contributed by atoms with Crippen molar-refractivity contribution in [2.45, 2.75) is 31.9 Å². The average Bonchev–Trinajstić information content (AvgIpc) is 2.47. The Kier molecular flexibility index (Phi) is 5.75. The summed E-state index contributed by atoms with van der Waals surface area (Å²) in [6.45, 7) is 4.09. The third-order valence-corrected chi connectivity index (χ3v) is 5.44. The average molecular weight is 316 g/mol. The van der Waals surface area contributed by atoms with E-state index in [1.54, 1.807) is 23.8 Å². The maximum Gasteiger partial charge on any atom is 0.320 e. The molecule has 6 nitrogen and oxygen atoms in total. The van der Waals surface area contributed by atoms with Crippen molar-refractivity contribution in [1.82, 2.24) is 9.80 Å². The highest BCUT2D eigenvalue weighted by atomic mass is 32.2. The van der Waals surface area contributed by atoms with E-state index in [9.17, 15) is 9.59 Å². The maximum atomic E-state index is 12.7. The molecule has 0 aromatic heterocycles. The van der Waals surface area contributed by atoms with Gasteiger partial charge in [-0.3, -0.25) is 4.79 Å². The van der Waals surface area contributed by atoms with Crippen molar-refractivity contribution < 1.29 is 19.4 Å². The molecule has 2 amide bonds. The van der Waals surface area contributed by atoms with Crippen LogP contribution in [0.25, 0.3) is 0 Å². The highest BCUT2D eigenvalue weighted by Gasteiger charge is 2.35. The van der Waals surface area contributed by atoms with E-state index >= 15 is 0 Å². The molecule has 2 aliphatic rings. The number of methoxy groups -OCH3 is 1. The number of carbonyl (C=O) groups excluding carboxylic acids is 1. The Morgan fingerprint density at radius 3 is 2.81 bits per heavy atom. The summed E-state index contributed by atoms with van der Waals surface area (Å²) in [6.07, 6.45) is 1.02. The van der Waals surface area contributed by atoms with Crippen molar-refractivity contribution in [1.29, 1.82) is 0 Å². The topological polar surface area (TPSA) is 70.1 Å². The van der Waals surface area contributed by atoms with Gasteiger partial charge >= 0.3 is 12.0 Å². The number of piperidine rings is 1. The highest BCUT2D eigenvalue weighted by molar-refractivity contribution is 7.99. The van der Waals surface area contributed by atoms with Crippen LogP contribution in [-0.4, -0.2) is 77.3 Å². The molecule has 2 rings (SSSR count). The minimum absolute atomic E-state index is 0.0245. The second-order valence-electron chi connectivity index (χ2n) is 5.79. The molecule has 7 heteroatoms. The van der Waals surface area contributed by atoms with E-state index in [1.165, 1.54) is 0 Å². The monoisotopic (exact) mass is 316 g/mol. The van der Waals surface area contributed by atoms with Gasteiger partial charge in [-0.15, -0.1) is 0 Å². The van der Waals surface area contributed by atoms with Gasteiger partial charge in [-0.05, 0) is 12.3 Å². The van der Waals surface area contributed by atoms with Crippen molar-refractivity contribution in [2.24, 2.45) is 5.92 Å². The van der Waals surface area contributed by atoms with Crippen LogP contribution in [0.15, 0.2) is 0 Å². The van der Waals surface area contributed by atoms with Crippen LogP contribution in [0.4, 0.5) is 4.79 Å².